The van der Waals surface area contributed by atoms with Gasteiger partial charge in [-0.1, -0.05) is 43.3 Å². The maximum Gasteiger partial charge on any atom is 0.224 e. The van der Waals surface area contributed by atoms with Crippen LogP contribution in [-0.4, -0.2) is 24.0 Å². The largest absolute Gasteiger partial charge is 0.343 e. The topological polar surface area (TPSA) is 54.0 Å². The van der Waals surface area contributed by atoms with E-state index in [0.29, 0.717) is 5.92 Å². The third-order valence-electron chi connectivity index (χ3n) is 4.34. The van der Waals surface area contributed by atoms with Crippen LogP contribution in [0.1, 0.15) is 24.2 Å². The molecule has 0 saturated carbocycles. The van der Waals surface area contributed by atoms with Crippen LogP contribution in [0.3, 0.4) is 0 Å². The highest BCUT2D eigenvalue weighted by atomic mass is 35.5. The van der Waals surface area contributed by atoms with Crippen molar-refractivity contribution in [3.05, 3.63) is 66.0 Å². The Kier molecular flexibility index (Phi) is 8.19. The summed E-state index contributed by atoms with van der Waals surface area (Å²) in [6.07, 6.45) is 1.76. The van der Waals surface area contributed by atoms with Crippen LogP contribution in [0, 0.1) is 11.8 Å². The molecule has 2 heterocycles. The smallest absolute Gasteiger partial charge is 0.224 e. The number of hydrogen-bond acceptors (Lipinski definition) is 3. The van der Waals surface area contributed by atoms with Crippen molar-refractivity contribution < 1.29 is 4.79 Å². The third-order valence-corrected chi connectivity index (χ3v) is 4.34. The molecule has 1 saturated heterocycles. The van der Waals surface area contributed by atoms with Crippen molar-refractivity contribution in [3.63, 3.8) is 0 Å². The number of hydrogen-bond donors (Lipinski definition) is 2. The van der Waals surface area contributed by atoms with E-state index in [9.17, 15) is 4.79 Å². The van der Waals surface area contributed by atoms with E-state index in [1.807, 2.05) is 55.5 Å². The van der Waals surface area contributed by atoms with Gasteiger partial charge in [-0.05, 0) is 36.7 Å². The predicted octanol–water partition coefficient (Wildman–Crippen LogP) is 2.99. The minimum atomic E-state index is -0.203. The molecule has 0 aliphatic carbocycles. The van der Waals surface area contributed by atoms with Gasteiger partial charge in [0.25, 0.3) is 0 Å². The first-order chi connectivity index (χ1) is 10.8. The van der Waals surface area contributed by atoms with E-state index in [-0.39, 0.29) is 42.7 Å². The molecule has 130 valence electrons. The minimum absolute atomic E-state index is 0. The molecule has 0 spiro atoms. The SMILES string of the molecule is CC(C(=O)NC(c1ccccc1)c1ccccn1)C1CNC1.Cl.Cl. The molecule has 0 bridgehead atoms. The van der Waals surface area contributed by atoms with E-state index in [2.05, 4.69) is 15.6 Å². The molecular weight excluding hydrogens is 345 g/mol. The van der Waals surface area contributed by atoms with Crippen molar-refractivity contribution in [1.29, 1.82) is 0 Å². The van der Waals surface area contributed by atoms with E-state index in [1.165, 1.54) is 0 Å². The standard InChI is InChI=1S/C18H21N3O.2ClH/c1-13(15-11-19-12-15)18(22)21-17(14-7-3-2-4-8-14)16-9-5-6-10-20-16;;/h2-10,13,15,17,19H,11-12H2,1H3,(H,21,22);2*1H. The molecule has 1 fully saturated rings. The molecule has 1 aromatic carbocycles. The van der Waals surface area contributed by atoms with Crippen molar-refractivity contribution in [2.24, 2.45) is 11.8 Å². The highest BCUT2D eigenvalue weighted by Crippen LogP contribution is 2.22. The van der Waals surface area contributed by atoms with Gasteiger partial charge in [0, 0.05) is 12.1 Å². The number of amides is 1. The van der Waals surface area contributed by atoms with Crippen molar-refractivity contribution in [2.75, 3.05) is 13.1 Å². The lowest BCUT2D eigenvalue weighted by molar-refractivity contribution is -0.127. The molecule has 1 aliphatic rings. The average molecular weight is 368 g/mol. The average Bonchev–Trinajstić information content (AvgIpc) is 2.52. The zero-order valence-corrected chi connectivity index (χ0v) is 15.1. The Bertz CT molecular complexity index is 581. The van der Waals surface area contributed by atoms with Crippen LogP contribution in [0.2, 0.25) is 0 Å². The van der Waals surface area contributed by atoms with Crippen LogP contribution in [0.4, 0.5) is 0 Å². The maximum atomic E-state index is 12.6. The number of aromatic nitrogens is 1. The Morgan fingerprint density at radius 3 is 2.33 bits per heavy atom. The summed E-state index contributed by atoms with van der Waals surface area (Å²) in [7, 11) is 0. The van der Waals surface area contributed by atoms with Gasteiger partial charge in [-0.3, -0.25) is 9.78 Å². The highest BCUT2D eigenvalue weighted by Gasteiger charge is 2.30. The lowest BCUT2D eigenvalue weighted by atomic mass is 9.88. The van der Waals surface area contributed by atoms with Crippen LogP contribution >= 0.6 is 24.8 Å². The van der Waals surface area contributed by atoms with Gasteiger partial charge in [-0.15, -0.1) is 24.8 Å². The fourth-order valence-electron chi connectivity index (χ4n) is 2.67. The molecule has 6 heteroatoms. The second-order valence-corrected chi connectivity index (χ2v) is 5.81. The fourth-order valence-corrected chi connectivity index (χ4v) is 2.67. The molecule has 2 atom stereocenters. The molecule has 24 heavy (non-hydrogen) atoms. The Morgan fingerprint density at radius 1 is 1.12 bits per heavy atom. The summed E-state index contributed by atoms with van der Waals surface area (Å²) >= 11 is 0. The highest BCUT2D eigenvalue weighted by molar-refractivity contribution is 5.85. The van der Waals surface area contributed by atoms with Crippen LogP contribution in [-0.2, 0) is 4.79 Å². The zero-order valence-electron chi connectivity index (χ0n) is 13.5. The van der Waals surface area contributed by atoms with Crippen LogP contribution in [0.5, 0.6) is 0 Å². The normalized spacial score (nSPS) is 15.9. The van der Waals surface area contributed by atoms with Crippen molar-refractivity contribution >= 4 is 30.7 Å². The van der Waals surface area contributed by atoms with Crippen molar-refractivity contribution in [2.45, 2.75) is 13.0 Å². The van der Waals surface area contributed by atoms with E-state index in [4.69, 9.17) is 0 Å². The van der Waals surface area contributed by atoms with Crippen LogP contribution in [0.15, 0.2) is 54.7 Å². The lowest BCUT2D eigenvalue weighted by Crippen LogP contribution is -2.50. The monoisotopic (exact) mass is 367 g/mol. The molecular formula is C18H23Cl2N3O. The molecule has 0 radical (unpaired) electrons. The summed E-state index contributed by atoms with van der Waals surface area (Å²) in [5.74, 6) is 0.530. The van der Waals surface area contributed by atoms with Gasteiger partial charge in [0.1, 0.15) is 0 Å². The molecule has 2 unspecified atom stereocenters. The zero-order chi connectivity index (χ0) is 15.4. The first-order valence-electron chi connectivity index (χ1n) is 7.72. The van der Waals surface area contributed by atoms with Gasteiger partial charge in [0.15, 0.2) is 0 Å². The molecule has 3 rings (SSSR count). The third kappa shape index (κ3) is 4.69. The first kappa shape index (κ1) is 20.4. The van der Waals surface area contributed by atoms with Gasteiger partial charge >= 0.3 is 0 Å². The number of carbonyl (C=O) groups is 1. The molecule has 4 nitrogen and oxygen atoms in total. The minimum Gasteiger partial charge on any atom is -0.343 e. The van der Waals surface area contributed by atoms with E-state index in [1.54, 1.807) is 6.20 Å². The first-order valence-corrected chi connectivity index (χ1v) is 7.72. The Hall–Kier alpha value is -1.62. The quantitative estimate of drug-likeness (QED) is 0.853. The number of nitrogens with one attached hydrogen (secondary N) is 2. The molecule has 2 aromatic rings. The van der Waals surface area contributed by atoms with Gasteiger partial charge in [-0.2, -0.15) is 0 Å². The van der Waals surface area contributed by atoms with Gasteiger partial charge in [0.2, 0.25) is 5.91 Å². The maximum absolute atomic E-state index is 12.6. The number of rotatable bonds is 5. The Labute approximate surface area is 155 Å². The molecule has 2 N–H and O–H groups in total. The Balaban J connectivity index is 0.00000144. The summed E-state index contributed by atoms with van der Waals surface area (Å²) in [6, 6.07) is 15.6. The molecule has 1 aromatic heterocycles. The fraction of sp³-hybridized carbons (Fsp3) is 0.333. The van der Waals surface area contributed by atoms with Gasteiger partial charge < -0.3 is 10.6 Å². The number of carbonyl (C=O) groups excluding carboxylic acids is 1. The molecule has 1 aliphatic heterocycles. The van der Waals surface area contributed by atoms with Gasteiger partial charge in [0.05, 0.1) is 11.7 Å². The van der Waals surface area contributed by atoms with E-state index < -0.39 is 0 Å². The van der Waals surface area contributed by atoms with E-state index >= 15 is 0 Å². The van der Waals surface area contributed by atoms with Crippen LogP contribution in [0.25, 0.3) is 0 Å². The Morgan fingerprint density at radius 2 is 1.79 bits per heavy atom. The summed E-state index contributed by atoms with van der Waals surface area (Å²) < 4.78 is 0. The number of benzene rings is 1. The molecule has 1 amide bonds. The number of nitrogens with zero attached hydrogens (tertiary/aromatic N) is 1. The van der Waals surface area contributed by atoms with Crippen LogP contribution < -0.4 is 10.6 Å². The second kappa shape index (κ2) is 9.62. The second-order valence-electron chi connectivity index (χ2n) is 5.81. The summed E-state index contributed by atoms with van der Waals surface area (Å²) in [5.41, 5.74) is 1.91. The summed E-state index contributed by atoms with van der Waals surface area (Å²) in [5, 5.41) is 6.39. The number of pyridine rings is 1. The summed E-state index contributed by atoms with van der Waals surface area (Å²) in [6.45, 7) is 3.85. The number of halogens is 2. The van der Waals surface area contributed by atoms with Crippen molar-refractivity contribution in [3.8, 4) is 0 Å². The van der Waals surface area contributed by atoms with E-state index in [0.717, 1.165) is 24.3 Å². The lowest BCUT2D eigenvalue weighted by Gasteiger charge is -2.32. The van der Waals surface area contributed by atoms with Crippen molar-refractivity contribution in [1.82, 2.24) is 15.6 Å². The summed E-state index contributed by atoms with van der Waals surface area (Å²) in [4.78, 5) is 17.0. The predicted molar refractivity (Wildman–Crippen MR) is 101 cm³/mol. The van der Waals surface area contributed by atoms with Gasteiger partial charge in [-0.25, -0.2) is 0 Å².